The van der Waals surface area contributed by atoms with Crippen molar-refractivity contribution in [2.75, 3.05) is 20.8 Å². The van der Waals surface area contributed by atoms with Gasteiger partial charge in [0, 0.05) is 35.1 Å². The van der Waals surface area contributed by atoms with Crippen LogP contribution < -0.4 is 14.8 Å². The van der Waals surface area contributed by atoms with Crippen LogP contribution in [-0.2, 0) is 0 Å². The second-order valence-corrected chi connectivity index (χ2v) is 7.03. The predicted molar refractivity (Wildman–Crippen MR) is 117 cm³/mol. The standard InChI is InChI=1S/C23H21N3O6/c1-30-19-9-5-7-15(22(19)31-2)17(16-12-24-18-8-4-3-6-14(16)18)13-25-23(27)20-10-11-21(32-20)26(28)29/h3-12,17,24H,13H2,1-2H3,(H,25,27). The summed E-state index contributed by atoms with van der Waals surface area (Å²) in [5.74, 6) is -0.337. The zero-order valence-electron chi connectivity index (χ0n) is 17.5. The number of carbonyl (C=O) groups is 1. The van der Waals surface area contributed by atoms with Crippen LogP contribution in [0, 0.1) is 10.1 Å². The van der Waals surface area contributed by atoms with E-state index in [4.69, 9.17) is 13.9 Å². The SMILES string of the molecule is COc1cccc(C(CNC(=O)c2ccc([N+](=O)[O-])o2)c2c[nH]c3ccccc23)c1OC. The van der Waals surface area contributed by atoms with Gasteiger partial charge in [-0.15, -0.1) is 0 Å². The number of hydrogen-bond donors (Lipinski definition) is 2. The van der Waals surface area contributed by atoms with Crippen LogP contribution in [0.5, 0.6) is 11.5 Å². The number of hydrogen-bond acceptors (Lipinski definition) is 6. The Hall–Kier alpha value is -4.27. The Kier molecular flexibility index (Phi) is 5.80. The third-order valence-electron chi connectivity index (χ3n) is 5.27. The van der Waals surface area contributed by atoms with E-state index in [0.29, 0.717) is 11.5 Å². The maximum absolute atomic E-state index is 12.6. The lowest BCUT2D eigenvalue weighted by Crippen LogP contribution is -2.28. The first-order chi connectivity index (χ1) is 15.5. The minimum absolute atomic E-state index is 0.132. The molecule has 2 aromatic heterocycles. The van der Waals surface area contributed by atoms with Gasteiger partial charge < -0.3 is 24.2 Å². The van der Waals surface area contributed by atoms with Crippen LogP contribution in [0.3, 0.4) is 0 Å². The molecule has 0 saturated heterocycles. The fourth-order valence-electron chi connectivity index (χ4n) is 3.79. The average Bonchev–Trinajstić information content (AvgIpc) is 3.47. The van der Waals surface area contributed by atoms with Crippen molar-refractivity contribution in [1.29, 1.82) is 0 Å². The van der Waals surface area contributed by atoms with Gasteiger partial charge in [0.2, 0.25) is 0 Å². The molecule has 0 saturated carbocycles. The van der Waals surface area contributed by atoms with Crippen molar-refractivity contribution >= 4 is 22.7 Å². The van der Waals surface area contributed by atoms with Gasteiger partial charge in [0.15, 0.2) is 17.3 Å². The summed E-state index contributed by atoms with van der Waals surface area (Å²) in [7, 11) is 3.13. The van der Waals surface area contributed by atoms with E-state index >= 15 is 0 Å². The molecule has 4 aromatic rings. The van der Waals surface area contributed by atoms with Gasteiger partial charge >= 0.3 is 5.88 Å². The normalized spacial score (nSPS) is 11.8. The lowest BCUT2D eigenvalue weighted by molar-refractivity contribution is -0.402. The Morgan fingerprint density at radius 3 is 2.62 bits per heavy atom. The summed E-state index contributed by atoms with van der Waals surface area (Å²) >= 11 is 0. The first kappa shape index (κ1) is 21.0. The number of fused-ring (bicyclic) bond motifs is 1. The zero-order chi connectivity index (χ0) is 22.7. The van der Waals surface area contributed by atoms with Gasteiger partial charge in [-0.25, -0.2) is 0 Å². The fraction of sp³-hybridized carbons (Fsp3) is 0.174. The second kappa shape index (κ2) is 8.84. The Bertz CT molecular complexity index is 1280. The molecule has 1 unspecified atom stereocenters. The van der Waals surface area contributed by atoms with E-state index in [0.717, 1.165) is 28.1 Å². The molecule has 0 bridgehead atoms. The number of nitrogens with zero attached hydrogens (tertiary/aromatic N) is 1. The average molecular weight is 435 g/mol. The van der Waals surface area contributed by atoms with Crippen LogP contribution in [0.25, 0.3) is 10.9 Å². The van der Waals surface area contributed by atoms with Crippen LogP contribution in [0.2, 0.25) is 0 Å². The van der Waals surface area contributed by atoms with E-state index in [1.165, 1.54) is 6.07 Å². The molecule has 32 heavy (non-hydrogen) atoms. The summed E-state index contributed by atoms with van der Waals surface area (Å²) in [4.78, 5) is 26.1. The molecule has 0 aliphatic carbocycles. The van der Waals surface area contributed by atoms with Gasteiger partial charge in [0.05, 0.1) is 20.3 Å². The highest BCUT2D eigenvalue weighted by Gasteiger charge is 2.25. The first-order valence-corrected chi connectivity index (χ1v) is 9.82. The number of furan rings is 1. The van der Waals surface area contributed by atoms with Crippen LogP contribution in [0.4, 0.5) is 5.88 Å². The summed E-state index contributed by atoms with van der Waals surface area (Å²) in [5, 5.41) is 14.7. The van der Waals surface area contributed by atoms with E-state index in [1.807, 2.05) is 42.6 Å². The number of methoxy groups -OCH3 is 2. The minimum Gasteiger partial charge on any atom is -0.493 e. The number of benzene rings is 2. The van der Waals surface area contributed by atoms with Crippen molar-refractivity contribution in [2.24, 2.45) is 0 Å². The lowest BCUT2D eigenvalue weighted by Gasteiger charge is -2.21. The van der Waals surface area contributed by atoms with Crippen molar-refractivity contribution < 1.29 is 23.6 Å². The number of nitro groups is 1. The smallest absolute Gasteiger partial charge is 0.433 e. The quantitative estimate of drug-likeness (QED) is 0.315. The largest absolute Gasteiger partial charge is 0.493 e. The zero-order valence-corrected chi connectivity index (χ0v) is 17.5. The molecule has 2 heterocycles. The van der Waals surface area contributed by atoms with E-state index in [2.05, 4.69) is 10.3 Å². The molecule has 9 heteroatoms. The third kappa shape index (κ3) is 3.87. The Labute approximate surface area is 183 Å². The molecule has 0 aliphatic rings. The van der Waals surface area contributed by atoms with E-state index in [-0.39, 0.29) is 18.2 Å². The van der Waals surface area contributed by atoms with Crippen molar-refractivity contribution in [3.63, 3.8) is 0 Å². The fourth-order valence-corrected chi connectivity index (χ4v) is 3.79. The van der Waals surface area contributed by atoms with E-state index in [1.54, 1.807) is 20.3 Å². The summed E-state index contributed by atoms with van der Waals surface area (Å²) < 4.78 is 16.1. The predicted octanol–water partition coefficient (Wildman–Crippen LogP) is 4.25. The number of ether oxygens (including phenoxy) is 2. The van der Waals surface area contributed by atoms with Crippen molar-refractivity contribution in [1.82, 2.24) is 10.3 Å². The number of aromatic amines is 1. The van der Waals surface area contributed by atoms with Crippen molar-refractivity contribution in [2.45, 2.75) is 5.92 Å². The van der Waals surface area contributed by atoms with Gasteiger partial charge in [-0.2, -0.15) is 0 Å². The van der Waals surface area contributed by atoms with Gasteiger partial charge in [-0.3, -0.25) is 14.9 Å². The molecular formula is C23H21N3O6. The number of para-hydroxylation sites is 2. The maximum Gasteiger partial charge on any atom is 0.433 e. The van der Waals surface area contributed by atoms with E-state index in [9.17, 15) is 14.9 Å². The monoisotopic (exact) mass is 435 g/mol. The highest BCUT2D eigenvalue weighted by Crippen LogP contribution is 2.40. The molecule has 0 radical (unpaired) electrons. The molecule has 2 aromatic carbocycles. The summed E-state index contributed by atoms with van der Waals surface area (Å²) in [6, 6.07) is 15.9. The topological polar surface area (TPSA) is 120 Å². The molecule has 0 spiro atoms. The van der Waals surface area contributed by atoms with Crippen LogP contribution in [-0.4, -0.2) is 36.6 Å². The Balaban J connectivity index is 1.71. The third-order valence-corrected chi connectivity index (χ3v) is 5.27. The van der Waals surface area contributed by atoms with Crippen LogP contribution >= 0.6 is 0 Å². The van der Waals surface area contributed by atoms with E-state index < -0.39 is 16.7 Å². The van der Waals surface area contributed by atoms with Gasteiger partial charge in [-0.05, 0) is 23.8 Å². The Morgan fingerprint density at radius 1 is 1.09 bits per heavy atom. The van der Waals surface area contributed by atoms with Gasteiger partial charge in [-0.1, -0.05) is 30.3 Å². The molecule has 9 nitrogen and oxygen atoms in total. The summed E-state index contributed by atoms with van der Waals surface area (Å²) in [6.45, 7) is 0.193. The minimum atomic E-state index is -0.688. The first-order valence-electron chi connectivity index (χ1n) is 9.82. The summed E-state index contributed by atoms with van der Waals surface area (Å²) in [6.07, 6.45) is 1.90. The van der Waals surface area contributed by atoms with Crippen LogP contribution in [0.15, 0.2) is 65.2 Å². The highest BCUT2D eigenvalue weighted by molar-refractivity contribution is 5.92. The van der Waals surface area contributed by atoms with Crippen LogP contribution in [0.1, 0.15) is 27.6 Å². The second-order valence-electron chi connectivity index (χ2n) is 7.03. The number of rotatable bonds is 8. The van der Waals surface area contributed by atoms with Gasteiger partial charge in [0.25, 0.3) is 5.91 Å². The number of aromatic nitrogens is 1. The number of amides is 1. The summed E-state index contributed by atoms with van der Waals surface area (Å²) in [5.41, 5.74) is 2.74. The van der Waals surface area contributed by atoms with Gasteiger partial charge in [0.1, 0.15) is 4.92 Å². The number of carbonyl (C=O) groups excluding carboxylic acids is 1. The molecule has 1 amide bonds. The highest BCUT2D eigenvalue weighted by atomic mass is 16.6. The van der Waals surface area contributed by atoms with Crippen molar-refractivity contribution in [3.8, 4) is 11.5 Å². The number of nitrogens with one attached hydrogen (secondary N) is 2. The molecule has 0 fully saturated rings. The molecule has 0 aliphatic heterocycles. The molecule has 164 valence electrons. The lowest BCUT2D eigenvalue weighted by atomic mass is 9.89. The maximum atomic E-state index is 12.6. The molecule has 2 N–H and O–H groups in total. The van der Waals surface area contributed by atoms with Crippen molar-refractivity contribution in [3.05, 3.63) is 87.8 Å². The number of H-pyrrole nitrogens is 1. The molecule has 1 atom stereocenters. The molecule has 4 rings (SSSR count). The molecular weight excluding hydrogens is 414 g/mol. The Morgan fingerprint density at radius 2 is 1.91 bits per heavy atom.